The minimum atomic E-state index is 0.152. The van der Waals surface area contributed by atoms with Crippen LogP contribution < -0.4 is 0 Å². The van der Waals surface area contributed by atoms with Gasteiger partial charge in [-0.25, -0.2) is 0 Å². The van der Waals surface area contributed by atoms with Gasteiger partial charge >= 0.3 is 0 Å². The van der Waals surface area contributed by atoms with Gasteiger partial charge in [0.25, 0.3) is 0 Å². The van der Waals surface area contributed by atoms with Gasteiger partial charge < -0.3 is 0 Å². The number of nitrogens with zero attached hydrogens (tertiary/aromatic N) is 1. The van der Waals surface area contributed by atoms with Crippen molar-refractivity contribution in [1.82, 2.24) is 4.98 Å². The van der Waals surface area contributed by atoms with Gasteiger partial charge in [0.05, 0.1) is 0 Å². The summed E-state index contributed by atoms with van der Waals surface area (Å²) in [6, 6.07) is 4.13. The first-order valence-electron chi connectivity index (χ1n) is 4.71. The summed E-state index contributed by atoms with van der Waals surface area (Å²) in [6.45, 7) is 6.25. The molecule has 0 amide bonds. The molecule has 13 heavy (non-hydrogen) atoms. The fraction of sp³-hybridized carbons (Fsp3) is 0.545. The molecule has 0 spiro atoms. The van der Waals surface area contributed by atoms with Crippen LogP contribution >= 0.6 is 11.6 Å². The highest BCUT2D eigenvalue weighted by molar-refractivity contribution is 6.20. The third kappa shape index (κ3) is 2.70. The van der Waals surface area contributed by atoms with Crippen LogP contribution in [0.5, 0.6) is 0 Å². The lowest BCUT2D eigenvalue weighted by Crippen LogP contribution is -2.10. The van der Waals surface area contributed by atoms with Crippen LogP contribution in [0.1, 0.15) is 37.4 Å². The van der Waals surface area contributed by atoms with Crippen LogP contribution in [0, 0.1) is 6.92 Å². The van der Waals surface area contributed by atoms with Gasteiger partial charge in [-0.3, -0.25) is 4.98 Å². The molecule has 0 saturated heterocycles. The second-order valence-electron chi connectivity index (χ2n) is 3.45. The number of rotatable bonds is 3. The first kappa shape index (κ1) is 10.5. The first-order chi connectivity index (χ1) is 6.15. The van der Waals surface area contributed by atoms with Gasteiger partial charge in [-0.05, 0) is 38.0 Å². The molecule has 1 nitrogen and oxygen atoms in total. The van der Waals surface area contributed by atoms with Crippen molar-refractivity contribution < 1.29 is 0 Å². The predicted octanol–water partition coefficient (Wildman–Crippen LogP) is 3.51. The van der Waals surface area contributed by atoms with E-state index >= 15 is 0 Å². The minimum absolute atomic E-state index is 0.152. The highest BCUT2D eigenvalue weighted by Crippen LogP contribution is 2.25. The van der Waals surface area contributed by atoms with Crippen LogP contribution in [-0.4, -0.2) is 10.4 Å². The third-order valence-electron chi connectivity index (χ3n) is 2.31. The summed E-state index contributed by atoms with van der Waals surface area (Å²) in [4.78, 5) is 4.35. The van der Waals surface area contributed by atoms with E-state index in [1.807, 2.05) is 19.2 Å². The Bertz CT molecular complexity index is 271. The molecule has 0 fully saturated rings. The summed E-state index contributed by atoms with van der Waals surface area (Å²) < 4.78 is 0. The Labute approximate surface area is 85.1 Å². The molecule has 1 heterocycles. The van der Waals surface area contributed by atoms with Gasteiger partial charge in [0, 0.05) is 23.2 Å². The van der Waals surface area contributed by atoms with Crippen LogP contribution in [-0.2, 0) is 0 Å². The zero-order valence-electron chi connectivity index (χ0n) is 8.42. The van der Waals surface area contributed by atoms with E-state index in [0.717, 1.165) is 12.1 Å². The molecule has 1 aromatic rings. The fourth-order valence-electron chi connectivity index (χ4n) is 1.53. The largest absolute Gasteiger partial charge is 0.261 e. The van der Waals surface area contributed by atoms with Gasteiger partial charge in [0.15, 0.2) is 0 Å². The van der Waals surface area contributed by atoms with Gasteiger partial charge in [-0.2, -0.15) is 0 Å². The molecule has 0 radical (unpaired) electrons. The number of aryl methyl sites for hydroxylation is 1. The molecule has 1 rings (SSSR count). The van der Waals surface area contributed by atoms with Gasteiger partial charge in [-0.1, -0.05) is 6.92 Å². The molecule has 2 heteroatoms. The lowest BCUT2D eigenvalue weighted by Gasteiger charge is -2.16. The van der Waals surface area contributed by atoms with E-state index in [1.165, 1.54) is 5.56 Å². The van der Waals surface area contributed by atoms with Crippen molar-refractivity contribution >= 4 is 11.6 Å². The van der Waals surface area contributed by atoms with E-state index in [2.05, 4.69) is 24.9 Å². The Morgan fingerprint density at radius 3 is 2.69 bits per heavy atom. The first-order valence-corrected chi connectivity index (χ1v) is 5.15. The van der Waals surface area contributed by atoms with E-state index in [9.17, 15) is 0 Å². The smallest absolute Gasteiger partial charge is 0.0451 e. The number of pyridine rings is 1. The number of halogens is 1. The molecule has 0 bridgehead atoms. The van der Waals surface area contributed by atoms with Crippen molar-refractivity contribution in [1.29, 1.82) is 0 Å². The van der Waals surface area contributed by atoms with Crippen molar-refractivity contribution in [2.24, 2.45) is 0 Å². The molecule has 72 valence electrons. The van der Waals surface area contributed by atoms with Crippen molar-refractivity contribution in [3.63, 3.8) is 0 Å². The summed E-state index contributed by atoms with van der Waals surface area (Å²) in [5, 5.41) is 0.152. The molecule has 0 aliphatic carbocycles. The van der Waals surface area contributed by atoms with Crippen LogP contribution in [0.3, 0.4) is 0 Å². The summed E-state index contributed by atoms with van der Waals surface area (Å²) >= 11 is 6.09. The lowest BCUT2D eigenvalue weighted by atomic mass is 9.97. The average Bonchev–Trinajstić information content (AvgIpc) is 2.04. The van der Waals surface area contributed by atoms with Gasteiger partial charge in [0.1, 0.15) is 0 Å². The second kappa shape index (κ2) is 4.61. The molecule has 0 aliphatic rings. The van der Waals surface area contributed by atoms with Crippen molar-refractivity contribution in [2.45, 2.75) is 38.5 Å². The third-order valence-corrected chi connectivity index (χ3v) is 2.61. The van der Waals surface area contributed by atoms with Crippen LogP contribution in [0.4, 0.5) is 0 Å². The fourth-order valence-corrected chi connectivity index (χ4v) is 1.84. The number of alkyl halides is 1. The standard InChI is InChI=1S/C11H16ClN/c1-4-10(9(3)12)11-7-8(2)5-6-13-11/h5-7,9-10H,4H2,1-3H3. The van der Waals surface area contributed by atoms with E-state index in [-0.39, 0.29) is 5.38 Å². The zero-order valence-corrected chi connectivity index (χ0v) is 9.17. The molecule has 0 N–H and O–H groups in total. The molecule has 0 aliphatic heterocycles. The normalized spacial score (nSPS) is 15.4. The summed E-state index contributed by atoms with van der Waals surface area (Å²) in [6.07, 6.45) is 2.90. The molecule has 0 aromatic carbocycles. The molecule has 1 aromatic heterocycles. The summed E-state index contributed by atoms with van der Waals surface area (Å²) in [5.74, 6) is 0.376. The van der Waals surface area contributed by atoms with E-state index < -0.39 is 0 Å². The lowest BCUT2D eigenvalue weighted by molar-refractivity contribution is 0.630. The highest BCUT2D eigenvalue weighted by Gasteiger charge is 2.16. The molecular weight excluding hydrogens is 182 g/mol. The molecule has 0 saturated carbocycles. The maximum atomic E-state index is 6.09. The average molecular weight is 198 g/mol. The van der Waals surface area contributed by atoms with Crippen LogP contribution in [0.2, 0.25) is 0 Å². The highest BCUT2D eigenvalue weighted by atomic mass is 35.5. The Morgan fingerprint density at radius 1 is 1.54 bits per heavy atom. The minimum Gasteiger partial charge on any atom is -0.261 e. The Kier molecular flexibility index (Phi) is 3.73. The second-order valence-corrected chi connectivity index (χ2v) is 4.14. The van der Waals surface area contributed by atoms with Crippen molar-refractivity contribution in [3.05, 3.63) is 29.6 Å². The monoisotopic (exact) mass is 197 g/mol. The summed E-state index contributed by atoms with van der Waals surface area (Å²) in [5.41, 5.74) is 2.37. The number of hydrogen-bond donors (Lipinski definition) is 0. The van der Waals surface area contributed by atoms with E-state index in [4.69, 9.17) is 11.6 Å². The van der Waals surface area contributed by atoms with E-state index in [1.54, 1.807) is 0 Å². The quantitative estimate of drug-likeness (QED) is 0.676. The SMILES string of the molecule is CCC(c1cc(C)ccn1)C(C)Cl. The van der Waals surface area contributed by atoms with E-state index in [0.29, 0.717) is 5.92 Å². The molecule has 2 atom stereocenters. The number of hydrogen-bond acceptors (Lipinski definition) is 1. The Morgan fingerprint density at radius 2 is 2.23 bits per heavy atom. The zero-order chi connectivity index (χ0) is 9.84. The maximum Gasteiger partial charge on any atom is 0.0451 e. The van der Waals surface area contributed by atoms with Crippen LogP contribution in [0.15, 0.2) is 18.3 Å². The molecule has 2 unspecified atom stereocenters. The van der Waals surface area contributed by atoms with Crippen LogP contribution in [0.25, 0.3) is 0 Å². The summed E-state index contributed by atoms with van der Waals surface area (Å²) in [7, 11) is 0. The van der Waals surface area contributed by atoms with Crippen molar-refractivity contribution in [3.8, 4) is 0 Å². The Balaban J connectivity index is 2.91. The maximum absolute atomic E-state index is 6.09. The predicted molar refractivity (Wildman–Crippen MR) is 57.3 cm³/mol. The number of aromatic nitrogens is 1. The van der Waals surface area contributed by atoms with Gasteiger partial charge in [0.2, 0.25) is 0 Å². The van der Waals surface area contributed by atoms with Gasteiger partial charge in [-0.15, -0.1) is 11.6 Å². The van der Waals surface area contributed by atoms with Crippen molar-refractivity contribution in [2.75, 3.05) is 0 Å². The topological polar surface area (TPSA) is 12.9 Å². The molecular formula is C11H16ClN. The Hall–Kier alpha value is -0.560.